The molecule has 0 unspecified atom stereocenters. The van der Waals surface area contributed by atoms with Gasteiger partial charge in [-0.2, -0.15) is 10.4 Å². The molecule has 110 valence electrons. The molecule has 0 fully saturated rings. The van der Waals surface area contributed by atoms with Gasteiger partial charge in [0.15, 0.2) is 0 Å². The number of carbonyl (C=O) groups excluding carboxylic acids is 1. The van der Waals surface area contributed by atoms with Crippen LogP contribution >= 0.6 is 15.9 Å². The van der Waals surface area contributed by atoms with Gasteiger partial charge in [0, 0.05) is 10.0 Å². The van der Waals surface area contributed by atoms with E-state index < -0.39 is 5.78 Å². The van der Waals surface area contributed by atoms with E-state index >= 15 is 0 Å². The normalized spacial score (nSPS) is 10.7. The lowest BCUT2D eigenvalue weighted by Crippen LogP contribution is -2.14. The molecule has 0 heterocycles. The van der Waals surface area contributed by atoms with Gasteiger partial charge in [-0.3, -0.25) is 10.2 Å². The van der Waals surface area contributed by atoms with Crippen molar-refractivity contribution in [1.82, 2.24) is 0 Å². The van der Waals surface area contributed by atoms with Crippen LogP contribution in [0.2, 0.25) is 0 Å². The Kier molecular flexibility index (Phi) is 5.28. The Morgan fingerprint density at radius 2 is 1.82 bits per heavy atom. The lowest BCUT2D eigenvalue weighted by molar-refractivity contribution is 0.106. The summed E-state index contributed by atoms with van der Waals surface area (Å²) >= 11 is 3.29. The van der Waals surface area contributed by atoms with E-state index in [4.69, 9.17) is 10.00 Å². The topological polar surface area (TPSA) is 74.5 Å². The monoisotopic (exact) mass is 357 g/mol. The summed E-state index contributed by atoms with van der Waals surface area (Å²) < 4.78 is 5.91. The first-order valence-corrected chi connectivity index (χ1v) is 7.11. The van der Waals surface area contributed by atoms with Crippen LogP contribution < -0.4 is 10.2 Å². The predicted molar refractivity (Wildman–Crippen MR) is 88.1 cm³/mol. The third-order valence-corrected chi connectivity index (χ3v) is 3.34. The summed E-state index contributed by atoms with van der Waals surface area (Å²) in [5, 5.41) is 13.0. The van der Waals surface area contributed by atoms with Crippen molar-refractivity contribution in [3.63, 3.8) is 0 Å². The number of hydrogen-bond acceptors (Lipinski definition) is 5. The number of anilines is 1. The standard InChI is InChI=1S/C16H12BrN3O2/c1-22-14-8-6-13(7-9-14)19-20-15(10-18)16(21)11-2-4-12(17)5-3-11/h2-9,19H,1H3/b20-15-. The zero-order valence-corrected chi connectivity index (χ0v) is 13.3. The number of halogens is 1. The second-order valence-electron chi connectivity index (χ2n) is 4.25. The van der Waals surface area contributed by atoms with E-state index in [1.807, 2.05) is 6.07 Å². The van der Waals surface area contributed by atoms with Crippen LogP contribution in [0.15, 0.2) is 58.1 Å². The maximum absolute atomic E-state index is 12.2. The summed E-state index contributed by atoms with van der Waals surface area (Å²) in [7, 11) is 1.57. The minimum atomic E-state index is -0.434. The van der Waals surface area contributed by atoms with Gasteiger partial charge in [-0.1, -0.05) is 15.9 Å². The van der Waals surface area contributed by atoms with Gasteiger partial charge < -0.3 is 4.74 Å². The molecule has 2 aromatic rings. The predicted octanol–water partition coefficient (Wildman–Crippen LogP) is 3.63. The zero-order valence-electron chi connectivity index (χ0n) is 11.7. The van der Waals surface area contributed by atoms with E-state index in [1.54, 1.807) is 55.6 Å². The first-order valence-electron chi connectivity index (χ1n) is 6.32. The number of Topliss-reactive ketones (excluding diaryl/α,β-unsaturated/α-hetero) is 1. The summed E-state index contributed by atoms with van der Waals surface area (Å²) in [6.45, 7) is 0. The summed E-state index contributed by atoms with van der Waals surface area (Å²) in [5.41, 5.74) is 3.53. The Morgan fingerprint density at radius 1 is 1.18 bits per heavy atom. The summed E-state index contributed by atoms with van der Waals surface area (Å²) in [5.74, 6) is 0.275. The number of ketones is 1. The first kappa shape index (κ1) is 15.7. The lowest BCUT2D eigenvalue weighted by atomic mass is 10.1. The fraction of sp³-hybridized carbons (Fsp3) is 0.0625. The van der Waals surface area contributed by atoms with Gasteiger partial charge in [-0.25, -0.2) is 0 Å². The summed E-state index contributed by atoms with van der Waals surface area (Å²) in [4.78, 5) is 12.2. The molecule has 0 aliphatic heterocycles. The quantitative estimate of drug-likeness (QED) is 0.503. The molecule has 0 saturated heterocycles. The number of nitrogens with zero attached hydrogens (tertiary/aromatic N) is 2. The first-order chi connectivity index (χ1) is 10.6. The van der Waals surface area contributed by atoms with Gasteiger partial charge in [0.1, 0.15) is 11.8 Å². The maximum atomic E-state index is 12.2. The number of rotatable bonds is 5. The molecule has 22 heavy (non-hydrogen) atoms. The number of nitriles is 1. The third kappa shape index (κ3) is 3.93. The largest absolute Gasteiger partial charge is 0.497 e. The number of carbonyl (C=O) groups is 1. The fourth-order valence-electron chi connectivity index (χ4n) is 1.65. The van der Waals surface area contributed by atoms with E-state index in [1.165, 1.54) is 0 Å². The fourth-order valence-corrected chi connectivity index (χ4v) is 1.91. The van der Waals surface area contributed by atoms with Crippen molar-refractivity contribution in [3.8, 4) is 11.8 Å². The highest BCUT2D eigenvalue weighted by Crippen LogP contribution is 2.15. The maximum Gasteiger partial charge on any atom is 0.223 e. The molecule has 0 saturated carbocycles. The second-order valence-corrected chi connectivity index (χ2v) is 5.16. The van der Waals surface area contributed by atoms with Crippen molar-refractivity contribution >= 4 is 33.1 Å². The third-order valence-electron chi connectivity index (χ3n) is 2.81. The van der Waals surface area contributed by atoms with Gasteiger partial charge in [-0.05, 0) is 48.5 Å². The molecule has 0 aromatic heterocycles. The molecular formula is C16H12BrN3O2. The second kappa shape index (κ2) is 7.38. The van der Waals surface area contributed by atoms with Crippen LogP contribution in [0.25, 0.3) is 0 Å². The Hall–Kier alpha value is -2.65. The van der Waals surface area contributed by atoms with Gasteiger partial charge >= 0.3 is 0 Å². The van der Waals surface area contributed by atoms with Crippen LogP contribution in [-0.4, -0.2) is 18.6 Å². The summed E-state index contributed by atoms with van der Waals surface area (Å²) in [6.07, 6.45) is 0. The molecule has 0 spiro atoms. The minimum absolute atomic E-state index is 0.210. The highest BCUT2D eigenvalue weighted by molar-refractivity contribution is 9.10. The minimum Gasteiger partial charge on any atom is -0.497 e. The highest BCUT2D eigenvalue weighted by Gasteiger charge is 2.13. The van der Waals surface area contributed by atoms with Crippen LogP contribution in [0, 0.1) is 11.3 Å². The highest BCUT2D eigenvalue weighted by atomic mass is 79.9. The van der Waals surface area contributed by atoms with E-state index in [0.717, 1.165) is 4.47 Å². The lowest BCUT2D eigenvalue weighted by Gasteiger charge is -2.03. The van der Waals surface area contributed by atoms with Crippen LogP contribution in [0.5, 0.6) is 5.75 Å². The average molecular weight is 358 g/mol. The van der Waals surface area contributed by atoms with Gasteiger partial charge in [0.2, 0.25) is 11.5 Å². The Balaban J connectivity index is 2.14. The molecule has 0 aliphatic carbocycles. The van der Waals surface area contributed by atoms with E-state index in [0.29, 0.717) is 17.0 Å². The number of hydrazone groups is 1. The van der Waals surface area contributed by atoms with Crippen molar-refractivity contribution in [2.24, 2.45) is 5.10 Å². The number of hydrogen-bond donors (Lipinski definition) is 1. The number of benzene rings is 2. The van der Waals surface area contributed by atoms with Crippen LogP contribution in [-0.2, 0) is 0 Å². The molecule has 5 nitrogen and oxygen atoms in total. The average Bonchev–Trinajstić information content (AvgIpc) is 2.56. The van der Waals surface area contributed by atoms with Crippen molar-refractivity contribution in [2.45, 2.75) is 0 Å². The van der Waals surface area contributed by atoms with Gasteiger partial charge in [0.25, 0.3) is 0 Å². The smallest absolute Gasteiger partial charge is 0.223 e. The molecule has 0 bridgehead atoms. The molecule has 0 aliphatic rings. The van der Waals surface area contributed by atoms with Crippen LogP contribution in [0.3, 0.4) is 0 Å². The molecular weight excluding hydrogens is 346 g/mol. The Labute approximate surface area is 136 Å². The molecule has 0 radical (unpaired) electrons. The van der Waals surface area contributed by atoms with Crippen LogP contribution in [0.1, 0.15) is 10.4 Å². The van der Waals surface area contributed by atoms with E-state index in [2.05, 4.69) is 26.5 Å². The van der Waals surface area contributed by atoms with Crippen molar-refractivity contribution < 1.29 is 9.53 Å². The van der Waals surface area contributed by atoms with Crippen molar-refractivity contribution in [1.29, 1.82) is 5.26 Å². The molecule has 2 aromatic carbocycles. The Bertz CT molecular complexity index is 731. The van der Waals surface area contributed by atoms with E-state index in [-0.39, 0.29) is 5.71 Å². The molecule has 2 rings (SSSR count). The summed E-state index contributed by atoms with van der Waals surface area (Å²) in [6, 6.07) is 15.5. The SMILES string of the molecule is COc1ccc(N/N=C(/C#N)C(=O)c2ccc(Br)cc2)cc1. The Morgan fingerprint density at radius 3 is 2.36 bits per heavy atom. The van der Waals surface area contributed by atoms with Crippen molar-refractivity contribution in [2.75, 3.05) is 12.5 Å². The van der Waals surface area contributed by atoms with Crippen LogP contribution in [0.4, 0.5) is 5.69 Å². The molecule has 0 atom stereocenters. The number of nitrogens with one attached hydrogen (secondary N) is 1. The van der Waals surface area contributed by atoms with Gasteiger partial charge in [-0.15, -0.1) is 0 Å². The number of methoxy groups -OCH3 is 1. The van der Waals surface area contributed by atoms with E-state index in [9.17, 15) is 4.79 Å². The molecule has 0 amide bonds. The molecule has 1 N–H and O–H groups in total. The van der Waals surface area contributed by atoms with Gasteiger partial charge in [0.05, 0.1) is 12.8 Å². The number of ether oxygens (including phenoxy) is 1. The zero-order chi connectivity index (χ0) is 15.9. The molecule has 6 heteroatoms. The van der Waals surface area contributed by atoms with Crippen molar-refractivity contribution in [3.05, 3.63) is 58.6 Å².